The van der Waals surface area contributed by atoms with Crippen LogP contribution in [0, 0.1) is 17.6 Å². The van der Waals surface area contributed by atoms with E-state index in [1.807, 2.05) is 6.92 Å². The normalized spacial score (nSPS) is 15.0. The standard InChI is InChI=1S/C14H21F2N/c1-9(2)8-10(3)17-11(4)14-12(15)6-5-7-13(14)16/h5-7,9-11,17H,8H2,1-4H3. The van der Waals surface area contributed by atoms with Crippen molar-refractivity contribution in [2.75, 3.05) is 0 Å². The van der Waals surface area contributed by atoms with Crippen LogP contribution in [0.1, 0.15) is 45.7 Å². The Hall–Kier alpha value is -0.960. The molecule has 1 rings (SSSR count). The highest BCUT2D eigenvalue weighted by Crippen LogP contribution is 2.21. The van der Waals surface area contributed by atoms with Gasteiger partial charge in [0, 0.05) is 17.6 Å². The van der Waals surface area contributed by atoms with Gasteiger partial charge in [0.15, 0.2) is 0 Å². The van der Waals surface area contributed by atoms with Gasteiger partial charge < -0.3 is 5.32 Å². The summed E-state index contributed by atoms with van der Waals surface area (Å²) in [4.78, 5) is 0. The molecule has 0 saturated carbocycles. The lowest BCUT2D eigenvalue weighted by Gasteiger charge is -2.22. The van der Waals surface area contributed by atoms with Crippen molar-refractivity contribution in [2.24, 2.45) is 5.92 Å². The van der Waals surface area contributed by atoms with E-state index < -0.39 is 11.6 Å². The molecule has 0 saturated heterocycles. The predicted molar refractivity (Wildman–Crippen MR) is 66.8 cm³/mol. The summed E-state index contributed by atoms with van der Waals surface area (Å²) in [6, 6.07) is 3.90. The third kappa shape index (κ3) is 4.08. The van der Waals surface area contributed by atoms with Crippen LogP contribution in [0.2, 0.25) is 0 Å². The van der Waals surface area contributed by atoms with E-state index in [0.717, 1.165) is 6.42 Å². The number of benzene rings is 1. The highest BCUT2D eigenvalue weighted by molar-refractivity contribution is 5.22. The number of halogens is 2. The third-order valence-corrected chi connectivity index (χ3v) is 2.79. The summed E-state index contributed by atoms with van der Waals surface area (Å²) < 4.78 is 27.1. The summed E-state index contributed by atoms with van der Waals surface area (Å²) in [6.45, 7) is 8.09. The Labute approximate surface area is 102 Å². The van der Waals surface area contributed by atoms with Crippen LogP contribution in [0.25, 0.3) is 0 Å². The van der Waals surface area contributed by atoms with Gasteiger partial charge in [-0.25, -0.2) is 8.78 Å². The largest absolute Gasteiger partial charge is 0.307 e. The first-order chi connectivity index (χ1) is 7.91. The Morgan fingerprint density at radius 3 is 2.06 bits per heavy atom. The molecule has 3 heteroatoms. The smallest absolute Gasteiger partial charge is 0.130 e. The lowest BCUT2D eigenvalue weighted by molar-refractivity contribution is 0.391. The fraction of sp³-hybridized carbons (Fsp3) is 0.571. The molecule has 0 aromatic heterocycles. The maximum atomic E-state index is 13.5. The average molecular weight is 241 g/mol. The highest BCUT2D eigenvalue weighted by atomic mass is 19.1. The molecule has 0 bridgehead atoms. The number of hydrogen-bond acceptors (Lipinski definition) is 1. The van der Waals surface area contributed by atoms with Crippen LogP contribution >= 0.6 is 0 Å². The SMILES string of the molecule is CC(C)CC(C)NC(C)c1c(F)cccc1F. The summed E-state index contributed by atoms with van der Waals surface area (Å²) in [5, 5.41) is 3.23. The highest BCUT2D eigenvalue weighted by Gasteiger charge is 2.17. The number of nitrogens with one attached hydrogen (secondary N) is 1. The summed E-state index contributed by atoms with van der Waals surface area (Å²) >= 11 is 0. The average Bonchev–Trinajstić information content (AvgIpc) is 2.15. The molecule has 0 radical (unpaired) electrons. The molecule has 1 aromatic carbocycles. The van der Waals surface area contributed by atoms with Gasteiger partial charge in [-0.1, -0.05) is 19.9 Å². The molecule has 0 aliphatic rings. The van der Waals surface area contributed by atoms with E-state index in [2.05, 4.69) is 19.2 Å². The van der Waals surface area contributed by atoms with Gasteiger partial charge in [-0.15, -0.1) is 0 Å². The molecule has 17 heavy (non-hydrogen) atoms. The van der Waals surface area contributed by atoms with Gasteiger partial charge in [-0.3, -0.25) is 0 Å². The van der Waals surface area contributed by atoms with Crippen LogP contribution in [0.15, 0.2) is 18.2 Å². The lowest BCUT2D eigenvalue weighted by atomic mass is 10.0. The number of hydrogen-bond donors (Lipinski definition) is 1. The van der Waals surface area contributed by atoms with Crippen LogP contribution in [0.3, 0.4) is 0 Å². The minimum Gasteiger partial charge on any atom is -0.307 e. The van der Waals surface area contributed by atoms with E-state index in [1.54, 1.807) is 6.92 Å². The van der Waals surface area contributed by atoms with Crippen molar-refractivity contribution in [3.63, 3.8) is 0 Å². The summed E-state index contributed by atoms with van der Waals surface area (Å²) in [5.41, 5.74) is 0.128. The van der Waals surface area contributed by atoms with E-state index in [9.17, 15) is 8.78 Å². The first-order valence-corrected chi connectivity index (χ1v) is 6.11. The van der Waals surface area contributed by atoms with E-state index in [0.29, 0.717) is 5.92 Å². The minimum atomic E-state index is -0.484. The zero-order valence-electron chi connectivity index (χ0n) is 10.9. The van der Waals surface area contributed by atoms with E-state index in [4.69, 9.17) is 0 Å². The topological polar surface area (TPSA) is 12.0 Å². The van der Waals surface area contributed by atoms with Crippen molar-refractivity contribution >= 4 is 0 Å². The molecule has 2 unspecified atom stereocenters. The Morgan fingerprint density at radius 2 is 1.59 bits per heavy atom. The molecule has 0 spiro atoms. The first-order valence-electron chi connectivity index (χ1n) is 6.11. The second-order valence-electron chi connectivity index (χ2n) is 5.05. The number of rotatable bonds is 5. The molecule has 1 nitrogen and oxygen atoms in total. The van der Waals surface area contributed by atoms with Crippen LogP contribution in [0.4, 0.5) is 8.78 Å². The molecule has 0 aliphatic heterocycles. The molecule has 0 aliphatic carbocycles. The Bertz CT molecular complexity index is 343. The molecule has 1 aromatic rings. The fourth-order valence-electron chi connectivity index (χ4n) is 2.21. The minimum absolute atomic E-state index is 0.128. The summed E-state index contributed by atoms with van der Waals surface area (Å²) in [7, 11) is 0. The van der Waals surface area contributed by atoms with Crippen molar-refractivity contribution in [1.29, 1.82) is 0 Å². The predicted octanol–water partition coefficient (Wildman–Crippen LogP) is 4.05. The van der Waals surface area contributed by atoms with Gasteiger partial charge in [0.1, 0.15) is 11.6 Å². The fourth-order valence-corrected chi connectivity index (χ4v) is 2.21. The van der Waals surface area contributed by atoms with Crippen molar-refractivity contribution < 1.29 is 8.78 Å². The second kappa shape index (κ2) is 6.10. The quantitative estimate of drug-likeness (QED) is 0.820. The second-order valence-corrected chi connectivity index (χ2v) is 5.05. The lowest BCUT2D eigenvalue weighted by Crippen LogP contribution is -2.31. The molecular formula is C14H21F2N. The van der Waals surface area contributed by atoms with Crippen molar-refractivity contribution in [1.82, 2.24) is 5.32 Å². The molecular weight excluding hydrogens is 220 g/mol. The van der Waals surface area contributed by atoms with Gasteiger partial charge in [0.2, 0.25) is 0 Å². The Kier molecular flexibility index (Phi) is 5.06. The summed E-state index contributed by atoms with van der Waals surface area (Å²) in [6.07, 6.45) is 0.987. The molecule has 96 valence electrons. The van der Waals surface area contributed by atoms with Crippen LogP contribution in [0.5, 0.6) is 0 Å². The van der Waals surface area contributed by atoms with Crippen LogP contribution < -0.4 is 5.32 Å². The van der Waals surface area contributed by atoms with Crippen molar-refractivity contribution in [3.8, 4) is 0 Å². The zero-order valence-corrected chi connectivity index (χ0v) is 10.9. The van der Waals surface area contributed by atoms with Crippen LogP contribution in [-0.2, 0) is 0 Å². The Balaban J connectivity index is 2.73. The van der Waals surface area contributed by atoms with Gasteiger partial charge in [-0.05, 0) is 38.3 Å². The zero-order chi connectivity index (χ0) is 13.0. The van der Waals surface area contributed by atoms with Crippen LogP contribution in [-0.4, -0.2) is 6.04 Å². The first kappa shape index (κ1) is 14.1. The molecule has 0 amide bonds. The molecule has 2 atom stereocenters. The maximum absolute atomic E-state index is 13.5. The van der Waals surface area contributed by atoms with Crippen molar-refractivity contribution in [3.05, 3.63) is 35.4 Å². The maximum Gasteiger partial charge on any atom is 0.130 e. The van der Waals surface area contributed by atoms with E-state index in [1.165, 1.54) is 18.2 Å². The van der Waals surface area contributed by atoms with Gasteiger partial charge in [0.25, 0.3) is 0 Å². The molecule has 0 fully saturated rings. The van der Waals surface area contributed by atoms with Gasteiger partial charge in [0.05, 0.1) is 0 Å². The van der Waals surface area contributed by atoms with E-state index in [-0.39, 0.29) is 17.6 Å². The van der Waals surface area contributed by atoms with Gasteiger partial charge in [-0.2, -0.15) is 0 Å². The monoisotopic (exact) mass is 241 g/mol. The third-order valence-electron chi connectivity index (χ3n) is 2.79. The van der Waals surface area contributed by atoms with Gasteiger partial charge >= 0.3 is 0 Å². The summed E-state index contributed by atoms with van der Waals surface area (Å²) in [5.74, 6) is -0.404. The van der Waals surface area contributed by atoms with Crippen molar-refractivity contribution in [2.45, 2.75) is 46.2 Å². The Morgan fingerprint density at radius 1 is 1.06 bits per heavy atom. The molecule has 1 N–H and O–H groups in total. The molecule has 0 heterocycles. The van der Waals surface area contributed by atoms with E-state index >= 15 is 0 Å².